The number of carbonyl (C=O) groups excluding carboxylic acids is 1. The zero-order valence-electron chi connectivity index (χ0n) is 11.2. The molecule has 0 amide bonds. The number of ketones is 1. The predicted molar refractivity (Wildman–Crippen MR) is 67.8 cm³/mol. The Morgan fingerprint density at radius 3 is 2.83 bits per heavy atom. The second kappa shape index (κ2) is 3.67. The van der Waals surface area contributed by atoms with Gasteiger partial charge in [0.15, 0.2) is 5.78 Å². The summed E-state index contributed by atoms with van der Waals surface area (Å²) in [5, 5.41) is 10.3. The SMILES string of the molecule is C=C1CC[C@H]2[C@@H](CC2(C)C)[C@@H]2CO[C@@](O)(C1)C2=O. The fourth-order valence-corrected chi connectivity index (χ4v) is 4.25. The minimum Gasteiger partial charge on any atom is -0.359 e. The van der Waals surface area contributed by atoms with E-state index in [1.54, 1.807) is 0 Å². The maximum absolute atomic E-state index is 12.4. The highest BCUT2D eigenvalue weighted by atomic mass is 16.6. The van der Waals surface area contributed by atoms with Crippen LogP contribution in [0, 0.1) is 23.2 Å². The lowest BCUT2D eigenvalue weighted by Crippen LogP contribution is -2.49. The lowest BCUT2D eigenvalue weighted by Gasteiger charge is -2.53. The Morgan fingerprint density at radius 2 is 2.17 bits per heavy atom. The van der Waals surface area contributed by atoms with Gasteiger partial charge >= 0.3 is 0 Å². The topological polar surface area (TPSA) is 46.5 Å². The van der Waals surface area contributed by atoms with E-state index in [0.29, 0.717) is 23.9 Å². The zero-order valence-corrected chi connectivity index (χ0v) is 11.2. The van der Waals surface area contributed by atoms with Crippen LogP contribution in [-0.2, 0) is 9.53 Å². The second-order valence-electron chi connectivity index (χ2n) is 6.99. The van der Waals surface area contributed by atoms with Crippen LogP contribution in [0.3, 0.4) is 0 Å². The first-order chi connectivity index (χ1) is 8.33. The second-order valence-corrected chi connectivity index (χ2v) is 6.99. The van der Waals surface area contributed by atoms with Crippen LogP contribution in [0.2, 0.25) is 0 Å². The molecule has 3 heteroatoms. The fourth-order valence-electron chi connectivity index (χ4n) is 4.25. The molecule has 0 aromatic rings. The van der Waals surface area contributed by atoms with E-state index in [1.807, 2.05) is 0 Å². The molecule has 4 atom stereocenters. The molecule has 0 spiro atoms. The Kier molecular flexibility index (Phi) is 2.52. The summed E-state index contributed by atoms with van der Waals surface area (Å²) in [6.07, 6.45) is 3.34. The summed E-state index contributed by atoms with van der Waals surface area (Å²) in [7, 11) is 0. The largest absolute Gasteiger partial charge is 0.359 e. The molecule has 1 heterocycles. The van der Waals surface area contributed by atoms with E-state index in [4.69, 9.17) is 4.74 Å². The number of carbonyl (C=O) groups is 1. The lowest BCUT2D eigenvalue weighted by molar-refractivity contribution is -0.181. The minimum atomic E-state index is -1.57. The third-order valence-electron chi connectivity index (χ3n) is 5.32. The van der Waals surface area contributed by atoms with Crippen LogP contribution < -0.4 is 0 Å². The molecule has 3 aliphatic rings. The van der Waals surface area contributed by atoms with Crippen LogP contribution >= 0.6 is 0 Å². The summed E-state index contributed by atoms with van der Waals surface area (Å²) >= 11 is 0. The molecule has 18 heavy (non-hydrogen) atoms. The first-order valence-electron chi connectivity index (χ1n) is 6.91. The van der Waals surface area contributed by atoms with Crippen molar-refractivity contribution in [3.8, 4) is 0 Å². The molecule has 0 radical (unpaired) electrons. The Balaban J connectivity index is 1.93. The minimum absolute atomic E-state index is 0.0982. The molecule has 0 unspecified atom stereocenters. The van der Waals surface area contributed by atoms with Gasteiger partial charge in [0.05, 0.1) is 12.5 Å². The van der Waals surface area contributed by atoms with Crippen LogP contribution in [0.1, 0.15) is 39.5 Å². The van der Waals surface area contributed by atoms with Gasteiger partial charge in [0.25, 0.3) is 0 Å². The number of aliphatic hydroxyl groups is 1. The van der Waals surface area contributed by atoms with Crippen LogP contribution in [-0.4, -0.2) is 23.3 Å². The Morgan fingerprint density at radius 1 is 1.44 bits per heavy atom. The van der Waals surface area contributed by atoms with E-state index in [0.717, 1.165) is 24.8 Å². The molecule has 1 saturated heterocycles. The third-order valence-corrected chi connectivity index (χ3v) is 5.32. The number of rotatable bonds is 0. The molecule has 2 saturated carbocycles. The molecular weight excluding hydrogens is 228 g/mol. The summed E-state index contributed by atoms with van der Waals surface area (Å²) in [5.41, 5.74) is 1.26. The van der Waals surface area contributed by atoms with Crippen molar-refractivity contribution in [3.63, 3.8) is 0 Å². The van der Waals surface area contributed by atoms with Gasteiger partial charge in [0.1, 0.15) is 0 Å². The van der Waals surface area contributed by atoms with Gasteiger partial charge in [-0.2, -0.15) is 0 Å². The number of hydrogen-bond acceptors (Lipinski definition) is 3. The van der Waals surface area contributed by atoms with Crippen molar-refractivity contribution < 1.29 is 14.6 Å². The molecule has 3 rings (SSSR count). The maximum atomic E-state index is 12.4. The lowest BCUT2D eigenvalue weighted by atomic mass is 9.51. The van der Waals surface area contributed by atoms with E-state index in [-0.39, 0.29) is 18.1 Å². The molecule has 100 valence electrons. The van der Waals surface area contributed by atoms with Crippen molar-refractivity contribution >= 4 is 5.78 Å². The first kappa shape index (κ1) is 12.4. The average Bonchev–Trinajstić information content (AvgIpc) is 2.53. The average molecular weight is 250 g/mol. The van der Waals surface area contributed by atoms with Crippen molar-refractivity contribution in [2.24, 2.45) is 23.2 Å². The molecule has 0 aromatic carbocycles. The number of Topliss-reactive ketones (excluding diaryl/α,β-unsaturated/α-hetero) is 1. The first-order valence-corrected chi connectivity index (χ1v) is 6.91. The van der Waals surface area contributed by atoms with E-state index < -0.39 is 5.79 Å². The van der Waals surface area contributed by atoms with E-state index >= 15 is 0 Å². The molecule has 3 fully saturated rings. The highest BCUT2D eigenvalue weighted by Crippen LogP contribution is 2.58. The van der Waals surface area contributed by atoms with Gasteiger partial charge in [0.2, 0.25) is 5.79 Å². The van der Waals surface area contributed by atoms with Gasteiger partial charge in [-0.25, -0.2) is 0 Å². The highest BCUT2D eigenvalue weighted by Gasteiger charge is 2.58. The van der Waals surface area contributed by atoms with Crippen molar-refractivity contribution in [2.75, 3.05) is 6.61 Å². The summed E-state index contributed by atoms with van der Waals surface area (Å²) in [6.45, 7) is 8.94. The zero-order chi connectivity index (χ0) is 13.1. The van der Waals surface area contributed by atoms with Crippen molar-refractivity contribution in [1.82, 2.24) is 0 Å². The van der Waals surface area contributed by atoms with Gasteiger partial charge in [0, 0.05) is 6.42 Å². The molecule has 3 nitrogen and oxygen atoms in total. The van der Waals surface area contributed by atoms with Gasteiger partial charge in [-0.1, -0.05) is 26.0 Å². The number of fused-ring (bicyclic) bond motifs is 4. The fraction of sp³-hybridized carbons (Fsp3) is 0.800. The van der Waals surface area contributed by atoms with E-state index in [2.05, 4.69) is 20.4 Å². The van der Waals surface area contributed by atoms with Gasteiger partial charge in [-0.05, 0) is 36.5 Å². The molecular formula is C15H22O3. The summed E-state index contributed by atoms with van der Waals surface area (Å²) in [4.78, 5) is 12.4. The number of hydrogen-bond donors (Lipinski definition) is 1. The molecule has 1 aliphatic heterocycles. The molecule has 2 bridgehead atoms. The van der Waals surface area contributed by atoms with Crippen molar-refractivity contribution in [1.29, 1.82) is 0 Å². The summed E-state index contributed by atoms with van der Waals surface area (Å²) < 4.78 is 5.43. The monoisotopic (exact) mass is 250 g/mol. The standard InChI is InChI=1S/C15H22O3/c1-9-4-5-12-10(7-14(12,2)3)11-8-18-15(17,6-9)13(11)16/h10-12,17H,1,4-8H2,2-3H3/t10-,11-,12-,15-/m0/s1. The number of ether oxygens (including phenoxy) is 1. The van der Waals surface area contributed by atoms with E-state index in [9.17, 15) is 9.90 Å². The Labute approximate surface area is 108 Å². The van der Waals surface area contributed by atoms with Gasteiger partial charge in [-0.15, -0.1) is 0 Å². The van der Waals surface area contributed by atoms with Crippen LogP contribution in [0.15, 0.2) is 12.2 Å². The highest BCUT2D eigenvalue weighted by molar-refractivity contribution is 5.90. The molecule has 0 aromatic heterocycles. The molecule has 2 aliphatic carbocycles. The van der Waals surface area contributed by atoms with Crippen LogP contribution in [0.4, 0.5) is 0 Å². The Hall–Kier alpha value is -0.670. The molecule has 1 N–H and O–H groups in total. The van der Waals surface area contributed by atoms with Crippen LogP contribution in [0.25, 0.3) is 0 Å². The predicted octanol–water partition coefficient (Wildman–Crippen LogP) is 2.29. The van der Waals surface area contributed by atoms with Crippen LogP contribution in [0.5, 0.6) is 0 Å². The van der Waals surface area contributed by atoms with Gasteiger partial charge in [-0.3, -0.25) is 4.79 Å². The smallest absolute Gasteiger partial charge is 0.230 e. The normalized spacial score (nSPS) is 46.7. The van der Waals surface area contributed by atoms with Gasteiger partial charge < -0.3 is 9.84 Å². The maximum Gasteiger partial charge on any atom is 0.230 e. The van der Waals surface area contributed by atoms with Crippen molar-refractivity contribution in [3.05, 3.63) is 12.2 Å². The Bertz CT molecular complexity index is 412. The third kappa shape index (κ3) is 1.60. The summed E-state index contributed by atoms with van der Waals surface area (Å²) in [5.74, 6) is -0.814. The van der Waals surface area contributed by atoms with Crippen molar-refractivity contribution in [2.45, 2.75) is 45.3 Å². The quantitative estimate of drug-likeness (QED) is 0.671. The van der Waals surface area contributed by atoms with E-state index in [1.165, 1.54) is 0 Å². The summed E-state index contributed by atoms with van der Waals surface area (Å²) in [6, 6.07) is 0.